The Bertz CT molecular complexity index is 1420. The van der Waals surface area contributed by atoms with Crippen LogP contribution in [0.2, 0.25) is 0 Å². The molecule has 0 bridgehead atoms. The van der Waals surface area contributed by atoms with Crippen LogP contribution in [0, 0.1) is 0 Å². The van der Waals surface area contributed by atoms with Crippen molar-refractivity contribution in [2.24, 2.45) is 0 Å². The first-order chi connectivity index (χ1) is 31.0. The number of ether oxygens (including phenoxy) is 3. The van der Waals surface area contributed by atoms with Gasteiger partial charge in [0, 0.05) is 19.3 Å². The van der Waals surface area contributed by atoms with Crippen LogP contribution in [0.15, 0.2) is 134 Å². The second kappa shape index (κ2) is 50.2. The van der Waals surface area contributed by atoms with Crippen LogP contribution in [0.5, 0.6) is 0 Å². The first kappa shape index (κ1) is 58.6. The zero-order valence-corrected chi connectivity index (χ0v) is 40.0. The van der Waals surface area contributed by atoms with E-state index in [1.807, 2.05) is 30.4 Å². The van der Waals surface area contributed by atoms with Crippen LogP contribution in [-0.4, -0.2) is 37.2 Å². The third-order valence-corrected chi connectivity index (χ3v) is 9.73. The van der Waals surface area contributed by atoms with Gasteiger partial charge in [-0.05, 0) is 96.3 Å². The van der Waals surface area contributed by atoms with Crippen LogP contribution in [0.1, 0.15) is 188 Å². The molecule has 0 aliphatic rings. The van der Waals surface area contributed by atoms with Crippen molar-refractivity contribution in [3.63, 3.8) is 0 Å². The lowest BCUT2D eigenvalue weighted by molar-refractivity contribution is -0.166. The number of rotatable bonds is 42. The molecule has 0 aromatic heterocycles. The first-order valence-electron chi connectivity index (χ1n) is 24.7. The molecule has 0 saturated heterocycles. The quantitative estimate of drug-likeness (QED) is 0.0200. The number of unbranched alkanes of at least 4 members (excludes halogenated alkanes) is 12. The molecule has 1 unspecified atom stereocenters. The molecule has 0 rings (SSSR count). The SMILES string of the molecule is CC/C=C/C=C/C=C/C=C/CCCCCCCC(=O)OC(COC(=O)CC/C=C/C/C=C/CCCCCCCC)COC(=O)CCC/C=C/C/C=C/C/C=C/C/C=C/C/C=C/CC. The molecule has 352 valence electrons. The number of hydrogen-bond acceptors (Lipinski definition) is 6. The minimum atomic E-state index is -0.840. The van der Waals surface area contributed by atoms with E-state index in [-0.39, 0.29) is 50.4 Å². The van der Waals surface area contributed by atoms with Gasteiger partial charge >= 0.3 is 17.9 Å². The van der Waals surface area contributed by atoms with E-state index in [0.717, 1.165) is 96.3 Å². The number of hydrogen-bond donors (Lipinski definition) is 0. The van der Waals surface area contributed by atoms with Gasteiger partial charge in [-0.15, -0.1) is 0 Å². The summed E-state index contributed by atoms with van der Waals surface area (Å²) in [6, 6.07) is 0. The first-order valence-corrected chi connectivity index (χ1v) is 24.7. The van der Waals surface area contributed by atoms with Crippen LogP contribution >= 0.6 is 0 Å². The molecule has 0 N–H and O–H groups in total. The molecule has 0 heterocycles. The van der Waals surface area contributed by atoms with E-state index >= 15 is 0 Å². The molecule has 0 amide bonds. The predicted octanol–water partition coefficient (Wildman–Crippen LogP) is 16.3. The van der Waals surface area contributed by atoms with Gasteiger partial charge in [0.05, 0.1) is 0 Å². The molecule has 0 spiro atoms. The summed E-state index contributed by atoms with van der Waals surface area (Å²) >= 11 is 0. The van der Waals surface area contributed by atoms with Gasteiger partial charge in [-0.2, -0.15) is 0 Å². The highest BCUT2D eigenvalue weighted by molar-refractivity contribution is 5.71. The Morgan fingerprint density at radius 2 is 0.746 bits per heavy atom. The highest BCUT2D eigenvalue weighted by atomic mass is 16.6. The maximum atomic E-state index is 12.8. The summed E-state index contributed by atoms with van der Waals surface area (Å²) in [7, 11) is 0. The van der Waals surface area contributed by atoms with E-state index < -0.39 is 6.10 Å². The van der Waals surface area contributed by atoms with Gasteiger partial charge < -0.3 is 14.2 Å². The summed E-state index contributed by atoms with van der Waals surface area (Å²) in [4.78, 5) is 37.9. The Morgan fingerprint density at radius 1 is 0.349 bits per heavy atom. The van der Waals surface area contributed by atoms with Gasteiger partial charge in [-0.1, -0.05) is 206 Å². The van der Waals surface area contributed by atoms with Crippen molar-refractivity contribution >= 4 is 17.9 Å². The smallest absolute Gasteiger partial charge is 0.306 e. The fourth-order valence-corrected chi connectivity index (χ4v) is 6.07. The monoisotopic (exact) mass is 869 g/mol. The number of carbonyl (C=O) groups is 3. The summed E-state index contributed by atoms with van der Waals surface area (Å²) < 4.78 is 16.6. The normalized spacial score (nSPS) is 13.3. The van der Waals surface area contributed by atoms with Crippen LogP contribution in [0.25, 0.3) is 0 Å². The number of esters is 3. The maximum absolute atomic E-state index is 12.8. The highest BCUT2D eigenvalue weighted by Gasteiger charge is 2.19. The Labute approximate surface area is 385 Å². The van der Waals surface area contributed by atoms with E-state index in [2.05, 4.69) is 124 Å². The Balaban J connectivity index is 4.62. The molecule has 0 aromatic rings. The molecule has 6 nitrogen and oxygen atoms in total. The Morgan fingerprint density at radius 3 is 1.30 bits per heavy atom. The lowest BCUT2D eigenvalue weighted by Gasteiger charge is -2.18. The predicted molar refractivity (Wildman–Crippen MR) is 269 cm³/mol. The third-order valence-electron chi connectivity index (χ3n) is 9.73. The molecule has 1 atom stereocenters. The molecule has 0 saturated carbocycles. The number of allylic oxidation sites excluding steroid dienone is 22. The standard InChI is InChI=1S/C57H88O6/c1-4-7-10-13-16-19-22-25-27-28-30-32-35-38-41-44-47-50-56(59)62-53-54(52-61-55(58)49-46-43-40-37-34-31-24-21-18-15-12-9-6-3)63-57(60)51-48-45-42-39-36-33-29-26-23-20-17-14-11-8-5-2/h7-8,10-11,14,16-17,19-20,23,25-27,29-32,34,38,40-41,43,54H,4-6,9,12-13,15,18,21-22,24,28,33,35-37,39,42,44-53H2,1-3H3/b10-7+,11-8+,17-14+,19-16+,23-20+,27-25+,29-26+,32-30+,34-31+,41-38+,43-40+. The van der Waals surface area contributed by atoms with E-state index in [1.165, 1.54) is 38.5 Å². The van der Waals surface area contributed by atoms with Gasteiger partial charge in [0.2, 0.25) is 0 Å². The summed E-state index contributed by atoms with van der Waals surface area (Å²) in [5, 5.41) is 0. The number of carbonyl (C=O) groups excluding carboxylic acids is 3. The van der Waals surface area contributed by atoms with Crippen molar-refractivity contribution in [3.05, 3.63) is 134 Å². The van der Waals surface area contributed by atoms with Crippen molar-refractivity contribution in [2.75, 3.05) is 13.2 Å². The second-order valence-electron chi connectivity index (χ2n) is 15.7. The van der Waals surface area contributed by atoms with E-state index in [0.29, 0.717) is 12.8 Å². The van der Waals surface area contributed by atoms with Crippen LogP contribution in [-0.2, 0) is 28.6 Å². The minimum absolute atomic E-state index is 0.139. The van der Waals surface area contributed by atoms with E-state index in [9.17, 15) is 14.4 Å². The molecule has 6 heteroatoms. The topological polar surface area (TPSA) is 78.9 Å². The molecule has 0 radical (unpaired) electrons. The average molecular weight is 869 g/mol. The van der Waals surface area contributed by atoms with Gasteiger partial charge in [0.1, 0.15) is 13.2 Å². The van der Waals surface area contributed by atoms with Gasteiger partial charge in [0.15, 0.2) is 6.10 Å². The lowest BCUT2D eigenvalue weighted by atomic mass is 10.1. The third kappa shape index (κ3) is 48.4. The second-order valence-corrected chi connectivity index (χ2v) is 15.7. The molecular formula is C57H88O6. The Kier molecular flexibility index (Phi) is 46.7. The van der Waals surface area contributed by atoms with Gasteiger partial charge in [-0.25, -0.2) is 0 Å². The van der Waals surface area contributed by atoms with Crippen LogP contribution < -0.4 is 0 Å². The summed E-state index contributed by atoms with van der Waals surface area (Å²) in [6.07, 6.45) is 70.2. The lowest BCUT2D eigenvalue weighted by Crippen LogP contribution is -2.30. The van der Waals surface area contributed by atoms with Crippen molar-refractivity contribution in [1.29, 1.82) is 0 Å². The fraction of sp³-hybridized carbons (Fsp3) is 0.561. The highest BCUT2D eigenvalue weighted by Crippen LogP contribution is 2.11. The molecular weight excluding hydrogens is 781 g/mol. The maximum Gasteiger partial charge on any atom is 0.306 e. The van der Waals surface area contributed by atoms with Crippen molar-refractivity contribution in [2.45, 2.75) is 194 Å². The zero-order chi connectivity index (χ0) is 45.8. The zero-order valence-electron chi connectivity index (χ0n) is 40.0. The molecule has 0 aromatic carbocycles. The van der Waals surface area contributed by atoms with Crippen molar-refractivity contribution < 1.29 is 28.6 Å². The summed E-state index contributed by atoms with van der Waals surface area (Å²) in [5.74, 6) is -1.10. The Hall–Kier alpha value is -4.45. The molecule has 0 aliphatic heterocycles. The van der Waals surface area contributed by atoms with Gasteiger partial charge in [-0.3, -0.25) is 14.4 Å². The minimum Gasteiger partial charge on any atom is -0.462 e. The van der Waals surface area contributed by atoms with Crippen molar-refractivity contribution in [1.82, 2.24) is 0 Å². The average Bonchev–Trinajstić information content (AvgIpc) is 3.28. The molecule has 0 aliphatic carbocycles. The fourth-order valence-electron chi connectivity index (χ4n) is 6.07. The summed E-state index contributed by atoms with van der Waals surface area (Å²) in [6.45, 7) is 6.22. The van der Waals surface area contributed by atoms with E-state index in [4.69, 9.17) is 14.2 Å². The molecule has 63 heavy (non-hydrogen) atoms. The van der Waals surface area contributed by atoms with Gasteiger partial charge in [0.25, 0.3) is 0 Å². The van der Waals surface area contributed by atoms with Crippen LogP contribution in [0.4, 0.5) is 0 Å². The van der Waals surface area contributed by atoms with E-state index in [1.54, 1.807) is 0 Å². The molecule has 0 fully saturated rings. The largest absolute Gasteiger partial charge is 0.462 e. The van der Waals surface area contributed by atoms with Crippen LogP contribution in [0.3, 0.4) is 0 Å². The van der Waals surface area contributed by atoms with Crippen molar-refractivity contribution in [3.8, 4) is 0 Å². The summed E-state index contributed by atoms with van der Waals surface area (Å²) in [5.41, 5.74) is 0.